The van der Waals surface area contributed by atoms with E-state index in [1.54, 1.807) is 25.3 Å². The van der Waals surface area contributed by atoms with E-state index in [0.717, 1.165) is 16.7 Å². The van der Waals surface area contributed by atoms with Crippen LogP contribution in [0.2, 0.25) is 0 Å². The maximum Gasteiger partial charge on any atom is 0.182 e. The van der Waals surface area contributed by atoms with Gasteiger partial charge in [0.25, 0.3) is 0 Å². The smallest absolute Gasteiger partial charge is 0.182 e. The average molecular weight is 334 g/mol. The van der Waals surface area contributed by atoms with Crippen molar-refractivity contribution in [2.75, 3.05) is 0 Å². The van der Waals surface area contributed by atoms with Crippen molar-refractivity contribution in [3.05, 3.63) is 89.5 Å². The van der Waals surface area contributed by atoms with Crippen LogP contribution in [0.5, 0.6) is 0 Å². The first-order valence-corrected chi connectivity index (χ1v) is 7.61. The Morgan fingerprint density at radius 1 is 1.04 bits per heavy atom. The van der Waals surface area contributed by atoms with E-state index in [2.05, 4.69) is 15.5 Å². The van der Waals surface area contributed by atoms with E-state index in [-0.39, 0.29) is 5.82 Å². The van der Waals surface area contributed by atoms with Crippen LogP contribution >= 0.6 is 0 Å². The van der Waals surface area contributed by atoms with Gasteiger partial charge in [-0.2, -0.15) is 0 Å². The standard InChI is InChI=1S/C19H15FN4O/c1-24-19(21-22-23-24)17(8-5-13-25)18(14-6-3-2-4-7-14)15-9-11-16(20)12-10-15/h2-13H,1H3/b8-5+,18-17-. The Bertz CT molecular complexity index is 928. The lowest BCUT2D eigenvalue weighted by molar-refractivity contribution is -0.104. The quantitative estimate of drug-likeness (QED) is 0.409. The number of carbonyl (C=O) groups is 1. The number of benzene rings is 2. The van der Waals surface area contributed by atoms with Crippen molar-refractivity contribution in [3.63, 3.8) is 0 Å². The van der Waals surface area contributed by atoms with Gasteiger partial charge in [0, 0.05) is 12.6 Å². The fraction of sp³-hybridized carbons (Fsp3) is 0.0526. The van der Waals surface area contributed by atoms with Gasteiger partial charge in [-0.3, -0.25) is 4.79 Å². The van der Waals surface area contributed by atoms with Gasteiger partial charge in [-0.25, -0.2) is 9.07 Å². The zero-order valence-electron chi connectivity index (χ0n) is 13.5. The molecule has 25 heavy (non-hydrogen) atoms. The Morgan fingerprint density at radius 3 is 2.32 bits per heavy atom. The summed E-state index contributed by atoms with van der Waals surface area (Å²) < 4.78 is 14.9. The van der Waals surface area contributed by atoms with Gasteiger partial charge >= 0.3 is 0 Å². The Hall–Kier alpha value is -3.41. The molecule has 0 radical (unpaired) electrons. The monoisotopic (exact) mass is 334 g/mol. The molecule has 1 aromatic heterocycles. The Morgan fingerprint density at radius 2 is 1.72 bits per heavy atom. The van der Waals surface area contributed by atoms with E-state index in [4.69, 9.17) is 0 Å². The fourth-order valence-electron chi connectivity index (χ4n) is 2.56. The highest BCUT2D eigenvalue weighted by Crippen LogP contribution is 2.32. The summed E-state index contributed by atoms with van der Waals surface area (Å²) >= 11 is 0. The van der Waals surface area contributed by atoms with Crippen LogP contribution in [0.15, 0.2) is 66.7 Å². The molecule has 3 rings (SSSR count). The highest BCUT2D eigenvalue weighted by molar-refractivity contribution is 6.01. The number of hydrogen-bond donors (Lipinski definition) is 0. The lowest BCUT2D eigenvalue weighted by Crippen LogP contribution is -2.02. The van der Waals surface area contributed by atoms with Crippen molar-refractivity contribution in [1.82, 2.24) is 20.2 Å². The van der Waals surface area contributed by atoms with Gasteiger partial charge in [0.2, 0.25) is 0 Å². The molecular weight excluding hydrogens is 319 g/mol. The summed E-state index contributed by atoms with van der Waals surface area (Å²) in [4.78, 5) is 10.9. The average Bonchev–Trinajstić information content (AvgIpc) is 3.06. The molecule has 0 bridgehead atoms. The molecular formula is C19H15FN4O. The van der Waals surface area contributed by atoms with E-state index in [1.807, 2.05) is 30.3 Å². The number of nitrogens with zero attached hydrogens (tertiary/aromatic N) is 4. The van der Waals surface area contributed by atoms with Crippen LogP contribution in [0.3, 0.4) is 0 Å². The van der Waals surface area contributed by atoms with Crippen LogP contribution in [0.4, 0.5) is 4.39 Å². The summed E-state index contributed by atoms with van der Waals surface area (Å²) in [5.41, 5.74) is 3.16. The molecule has 0 amide bonds. The minimum absolute atomic E-state index is 0.318. The number of aldehydes is 1. The maximum atomic E-state index is 13.4. The van der Waals surface area contributed by atoms with Gasteiger partial charge in [-0.15, -0.1) is 5.10 Å². The molecule has 0 N–H and O–H groups in total. The van der Waals surface area contributed by atoms with Crippen LogP contribution < -0.4 is 0 Å². The molecule has 5 nitrogen and oxygen atoms in total. The third-order valence-electron chi connectivity index (χ3n) is 3.67. The van der Waals surface area contributed by atoms with Crippen molar-refractivity contribution in [1.29, 1.82) is 0 Å². The van der Waals surface area contributed by atoms with E-state index in [1.165, 1.54) is 22.9 Å². The Kier molecular flexibility index (Phi) is 4.89. The first-order valence-electron chi connectivity index (χ1n) is 7.61. The first-order chi connectivity index (χ1) is 12.2. The number of halogens is 1. The number of carbonyl (C=O) groups excluding carboxylic acids is 1. The molecule has 0 atom stereocenters. The summed E-state index contributed by atoms with van der Waals surface area (Å²) in [6.45, 7) is 0. The molecule has 0 aliphatic heterocycles. The predicted molar refractivity (Wildman–Crippen MR) is 92.8 cm³/mol. The van der Waals surface area contributed by atoms with Crippen molar-refractivity contribution in [2.45, 2.75) is 0 Å². The zero-order valence-corrected chi connectivity index (χ0v) is 13.5. The van der Waals surface area contributed by atoms with Gasteiger partial charge in [0.15, 0.2) is 5.82 Å². The molecule has 0 spiro atoms. The number of hydrogen-bond acceptors (Lipinski definition) is 4. The van der Waals surface area contributed by atoms with Crippen molar-refractivity contribution in [3.8, 4) is 0 Å². The van der Waals surface area contributed by atoms with Gasteiger partial charge < -0.3 is 0 Å². The van der Waals surface area contributed by atoms with Gasteiger partial charge in [0.05, 0.1) is 0 Å². The summed E-state index contributed by atoms with van der Waals surface area (Å²) in [7, 11) is 1.72. The third kappa shape index (κ3) is 3.58. The number of tetrazole rings is 1. The lowest BCUT2D eigenvalue weighted by Gasteiger charge is -2.13. The summed E-state index contributed by atoms with van der Waals surface area (Å²) in [6.07, 6.45) is 3.73. The van der Waals surface area contributed by atoms with Crippen molar-refractivity contribution < 1.29 is 9.18 Å². The molecule has 2 aromatic carbocycles. The topological polar surface area (TPSA) is 60.7 Å². The summed E-state index contributed by atoms with van der Waals surface area (Å²) in [5.74, 6) is 0.183. The van der Waals surface area contributed by atoms with E-state index < -0.39 is 0 Å². The Balaban J connectivity index is 2.34. The van der Waals surface area contributed by atoms with Gasteiger partial charge in [0.1, 0.15) is 12.1 Å². The van der Waals surface area contributed by atoms with Crippen molar-refractivity contribution in [2.24, 2.45) is 7.05 Å². The SMILES string of the molecule is Cn1nnnc1C(/C=C/C=O)=C(/c1ccccc1)c1ccc(F)cc1. The normalized spacial score (nSPS) is 12.2. The lowest BCUT2D eigenvalue weighted by atomic mass is 9.92. The van der Waals surface area contributed by atoms with E-state index in [0.29, 0.717) is 17.7 Å². The predicted octanol–water partition coefficient (Wildman–Crippen LogP) is 3.06. The first kappa shape index (κ1) is 16.4. The van der Waals surface area contributed by atoms with Crippen LogP contribution in [0.1, 0.15) is 17.0 Å². The molecule has 0 aliphatic rings. The second-order valence-electron chi connectivity index (χ2n) is 5.28. The maximum absolute atomic E-state index is 13.4. The second kappa shape index (κ2) is 7.44. The second-order valence-corrected chi connectivity index (χ2v) is 5.28. The molecule has 3 aromatic rings. The largest absolute Gasteiger partial charge is 0.299 e. The number of aromatic nitrogens is 4. The van der Waals surface area contributed by atoms with E-state index in [9.17, 15) is 9.18 Å². The van der Waals surface area contributed by atoms with Crippen molar-refractivity contribution >= 4 is 17.4 Å². The van der Waals surface area contributed by atoms with Crippen LogP contribution in [-0.4, -0.2) is 26.5 Å². The van der Waals surface area contributed by atoms with Gasteiger partial charge in [-0.05, 0) is 51.4 Å². The molecule has 124 valence electrons. The number of rotatable bonds is 5. The summed E-state index contributed by atoms with van der Waals surface area (Å²) in [6, 6.07) is 15.8. The van der Waals surface area contributed by atoms with E-state index >= 15 is 0 Å². The zero-order chi connectivity index (χ0) is 17.6. The molecule has 0 saturated heterocycles. The summed E-state index contributed by atoms with van der Waals surface area (Å²) in [5, 5.41) is 11.6. The number of allylic oxidation sites excluding steroid dienone is 3. The molecule has 0 fully saturated rings. The molecule has 0 aliphatic carbocycles. The fourth-order valence-corrected chi connectivity index (χ4v) is 2.56. The number of aryl methyl sites for hydroxylation is 1. The minimum atomic E-state index is -0.318. The Labute approximate surface area is 144 Å². The van der Waals surface area contributed by atoms with Crippen LogP contribution in [0, 0.1) is 5.82 Å². The minimum Gasteiger partial charge on any atom is -0.299 e. The van der Waals surface area contributed by atoms with Crippen LogP contribution in [-0.2, 0) is 11.8 Å². The molecule has 1 heterocycles. The van der Waals surface area contributed by atoms with Crippen LogP contribution in [0.25, 0.3) is 11.1 Å². The molecule has 0 saturated carbocycles. The third-order valence-corrected chi connectivity index (χ3v) is 3.67. The molecule has 6 heteroatoms. The highest BCUT2D eigenvalue weighted by atomic mass is 19.1. The highest BCUT2D eigenvalue weighted by Gasteiger charge is 2.16. The molecule has 0 unspecified atom stereocenters. The van der Waals surface area contributed by atoms with Gasteiger partial charge in [-0.1, -0.05) is 42.5 Å².